The maximum atomic E-state index is 11.7. The van der Waals surface area contributed by atoms with Gasteiger partial charge in [-0.15, -0.1) is 0 Å². The van der Waals surface area contributed by atoms with Gasteiger partial charge in [0.25, 0.3) is 0 Å². The predicted molar refractivity (Wildman–Crippen MR) is 66.4 cm³/mol. The zero-order valence-corrected chi connectivity index (χ0v) is 11.0. The van der Waals surface area contributed by atoms with E-state index in [-0.39, 0.29) is 0 Å². The maximum absolute atomic E-state index is 11.7. The molecule has 0 amide bonds. The van der Waals surface area contributed by atoms with Crippen LogP contribution < -0.4 is 4.74 Å². The average molecular weight is 299 g/mol. The van der Waals surface area contributed by atoms with Gasteiger partial charge in [0.05, 0.1) is 23.6 Å². The van der Waals surface area contributed by atoms with Crippen molar-refractivity contribution in [3.05, 3.63) is 28.4 Å². The van der Waals surface area contributed by atoms with E-state index in [0.717, 1.165) is 4.47 Å². The van der Waals surface area contributed by atoms with Crippen LogP contribution in [0.2, 0.25) is 0 Å². The Morgan fingerprint density at radius 2 is 2.24 bits per heavy atom. The van der Waals surface area contributed by atoms with Crippen molar-refractivity contribution in [3.8, 4) is 5.75 Å². The first-order chi connectivity index (χ1) is 8.19. The summed E-state index contributed by atoms with van der Waals surface area (Å²) < 4.78 is 16.3. The number of halogens is 1. The Labute approximate surface area is 107 Å². The largest absolute Gasteiger partial charge is 0.496 e. The van der Waals surface area contributed by atoms with Crippen molar-refractivity contribution in [2.75, 3.05) is 13.7 Å². The summed E-state index contributed by atoms with van der Waals surface area (Å²) in [5, 5.41) is 0.625. The van der Waals surface area contributed by atoms with Crippen LogP contribution in [0.3, 0.4) is 0 Å². The molecule has 17 heavy (non-hydrogen) atoms. The van der Waals surface area contributed by atoms with Crippen molar-refractivity contribution in [2.45, 2.75) is 6.92 Å². The second kappa shape index (κ2) is 4.79. The van der Waals surface area contributed by atoms with E-state index >= 15 is 0 Å². The molecule has 0 atom stereocenters. The molecular formula is C12H11BrO4. The Hall–Kier alpha value is -1.49. The molecule has 0 fully saturated rings. The highest BCUT2D eigenvalue weighted by Crippen LogP contribution is 2.35. The van der Waals surface area contributed by atoms with Crippen LogP contribution in [-0.2, 0) is 4.74 Å². The standard InChI is InChI=1S/C12H11BrO4/c1-3-16-12(14)7-6-17-11-8(13)4-5-9(15-2)10(7)11/h4-6H,3H2,1-2H3. The summed E-state index contributed by atoms with van der Waals surface area (Å²) in [5.74, 6) is 0.169. The van der Waals surface area contributed by atoms with Gasteiger partial charge in [-0.25, -0.2) is 4.79 Å². The van der Waals surface area contributed by atoms with E-state index in [1.54, 1.807) is 26.2 Å². The van der Waals surface area contributed by atoms with E-state index in [2.05, 4.69) is 15.9 Å². The lowest BCUT2D eigenvalue weighted by atomic mass is 10.1. The third-order valence-electron chi connectivity index (χ3n) is 2.35. The van der Waals surface area contributed by atoms with Crippen LogP contribution in [0.25, 0.3) is 11.0 Å². The number of esters is 1. The molecule has 1 aromatic heterocycles. The molecule has 0 spiro atoms. The van der Waals surface area contributed by atoms with Crippen molar-refractivity contribution in [2.24, 2.45) is 0 Å². The Kier molecular flexibility index (Phi) is 3.38. The van der Waals surface area contributed by atoms with Gasteiger partial charge in [0, 0.05) is 0 Å². The lowest BCUT2D eigenvalue weighted by Gasteiger charge is -2.04. The molecule has 0 bridgehead atoms. The fraction of sp³-hybridized carbons (Fsp3) is 0.250. The van der Waals surface area contributed by atoms with Gasteiger partial charge in [-0.2, -0.15) is 0 Å². The van der Waals surface area contributed by atoms with Crippen LogP contribution in [-0.4, -0.2) is 19.7 Å². The molecule has 0 aliphatic heterocycles. The van der Waals surface area contributed by atoms with Crippen molar-refractivity contribution in [1.82, 2.24) is 0 Å². The molecule has 1 heterocycles. The topological polar surface area (TPSA) is 48.7 Å². The Morgan fingerprint density at radius 1 is 1.47 bits per heavy atom. The molecular weight excluding hydrogens is 288 g/mol. The normalized spacial score (nSPS) is 10.5. The quantitative estimate of drug-likeness (QED) is 0.815. The van der Waals surface area contributed by atoms with Gasteiger partial charge in [-0.3, -0.25) is 0 Å². The van der Waals surface area contributed by atoms with Crippen molar-refractivity contribution >= 4 is 32.9 Å². The predicted octanol–water partition coefficient (Wildman–Crippen LogP) is 3.38. The van der Waals surface area contributed by atoms with E-state index in [4.69, 9.17) is 13.9 Å². The number of furan rings is 1. The first-order valence-corrected chi connectivity index (χ1v) is 5.89. The molecule has 0 radical (unpaired) electrons. The van der Waals surface area contributed by atoms with Gasteiger partial charge in [-0.1, -0.05) is 0 Å². The summed E-state index contributed by atoms with van der Waals surface area (Å²) in [7, 11) is 1.55. The molecule has 0 saturated heterocycles. The highest BCUT2D eigenvalue weighted by Gasteiger charge is 2.20. The highest BCUT2D eigenvalue weighted by molar-refractivity contribution is 9.10. The monoisotopic (exact) mass is 298 g/mol. The number of hydrogen-bond donors (Lipinski definition) is 0. The van der Waals surface area contributed by atoms with E-state index in [1.165, 1.54) is 6.26 Å². The van der Waals surface area contributed by atoms with Crippen LogP contribution in [0, 0.1) is 0 Å². The van der Waals surface area contributed by atoms with Gasteiger partial charge in [0.2, 0.25) is 0 Å². The molecule has 4 nitrogen and oxygen atoms in total. The second-order valence-electron chi connectivity index (χ2n) is 3.32. The number of carbonyl (C=O) groups is 1. The summed E-state index contributed by atoms with van der Waals surface area (Å²) in [6.45, 7) is 2.08. The molecule has 0 N–H and O–H groups in total. The van der Waals surface area contributed by atoms with Crippen molar-refractivity contribution < 1.29 is 18.7 Å². The third kappa shape index (κ3) is 2.02. The van der Waals surface area contributed by atoms with Crippen LogP contribution in [0.1, 0.15) is 17.3 Å². The first kappa shape index (κ1) is 12.0. The second-order valence-corrected chi connectivity index (χ2v) is 4.18. The van der Waals surface area contributed by atoms with Crippen LogP contribution in [0.4, 0.5) is 0 Å². The van der Waals surface area contributed by atoms with Crippen LogP contribution in [0.15, 0.2) is 27.3 Å². The Bertz CT molecular complexity index is 559. The highest BCUT2D eigenvalue weighted by atomic mass is 79.9. The van der Waals surface area contributed by atoms with Gasteiger partial charge in [0.1, 0.15) is 17.6 Å². The summed E-state index contributed by atoms with van der Waals surface area (Å²) >= 11 is 3.36. The van der Waals surface area contributed by atoms with Gasteiger partial charge in [0.15, 0.2) is 5.58 Å². The molecule has 90 valence electrons. The first-order valence-electron chi connectivity index (χ1n) is 5.09. The molecule has 0 aliphatic rings. The average Bonchev–Trinajstić information content (AvgIpc) is 2.75. The molecule has 5 heteroatoms. The number of rotatable bonds is 3. The van der Waals surface area contributed by atoms with Crippen LogP contribution >= 0.6 is 15.9 Å². The van der Waals surface area contributed by atoms with Crippen molar-refractivity contribution in [3.63, 3.8) is 0 Å². The molecule has 2 rings (SSSR count). The summed E-state index contributed by atoms with van der Waals surface area (Å²) in [6, 6.07) is 3.57. The summed E-state index contributed by atoms with van der Waals surface area (Å²) in [5.41, 5.74) is 0.951. The summed E-state index contributed by atoms with van der Waals surface area (Å²) in [6.07, 6.45) is 1.38. The fourth-order valence-corrected chi connectivity index (χ4v) is 2.04. The smallest absolute Gasteiger partial charge is 0.342 e. The Morgan fingerprint density at radius 3 is 2.88 bits per heavy atom. The van der Waals surface area contributed by atoms with Gasteiger partial charge < -0.3 is 13.9 Å². The maximum Gasteiger partial charge on any atom is 0.342 e. The van der Waals surface area contributed by atoms with Crippen LogP contribution in [0.5, 0.6) is 5.75 Å². The zero-order valence-electron chi connectivity index (χ0n) is 9.45. The Balaban J connectivity index is 2.65. The van der Waals surface area contributed by atoms with Gasteiger partial charge in [-0.05, 0) is 35.0 Å². The zero-order chi connectivity index (χ0) is 12.4. The number of methoxy groups -OCH3 is 1. The number of carbonyl (C=O) groups excluding carboxylic acids is 1. The minimum absolute atomic E-state index is 0.321. The molecule has 0 saturated carbocycles. The van der Waals surface area contributed by atoms with E-state index in [9.17, 15) is 4.79 Å². The minimum Gasteiger partial charge on any atom is -0.496 e. The molecule has 2 aromatic rings. The van der Waals surface area contributed by atoms with E-state index in [1.807, 2.05) is 0 Å². The van der Waals surface area contributed by atoms with E-state index in [0.29, 0.717) is 28.9 Å². The number of ether oxygens (including phenoxy) is 2. The SMILES string of the molecule is CCOC(=O)c1coc2c(Br)ccc(OC)c12. The van der Waals surface area contributed by atoms with Gasteiger partial charge >= 0.3 is 5.97 Å². The fourth-order valence-electron chi connectivity index (χ4n) is 1.62. The number of fused-ring (bicyclic) bond motifs is 1. The third-order valence-corrected chi connectivity index (χ3v) is 2.98. The molecule has 0 unspecified atom stereocenters. The molecule has 0 aliphatic carbocycles. The van der Waals surface area contributed by atoms with Crippen molar-refractivity contribution in [1.29, 1.82) is 0 Å². The van der Waals surface area contributed by atoms with E-state index < -0.39 is 5.97 Å². The summed E-state index contributed by atoms with van der Waals surface area (Å²) in [4.78, 5) is 11.7. The minimum atomic E-state index is -0.414. The molecule has 1 aromatic carbocycles. The lowest BCUT2D eigenvalue weighted by Crippen LogP contribution is -2.03. The lowest BCUT2D eigenvalue weighted by molar-refractivity contribution is 0.0527. The number of hydrogen-bond acceptors (Lipinski definition) is 4. The number of benzene rings is 1.